The van der Waals surface area contributed by atoms with E-state index in [-0.39, 0.29) is 5.91 Å². The molecule has 0 aromatic carbocycles. The average Bonchev–Trinajstić information content (AvgIpc) is 2.31. The number of aromatic nitrogens is 1. The number of rotatable bonds is 1. The van der Waals surface area contributed by atoms with E-state index in [9.17, 15) is 4.79 Å². The summed E-state index contributed by atoms with van der Waals surface area (Å²) in [6.07, 6.45) is 2.96. The number of hydrogen-bond acceptors (Lipinski definition) is 1. The maximum absolute atomic E-state index is 11.6. The van der Waals surface area contributed by atoms with Gasteiger partial charge in [-0.15, -0.1) is 0 Å². The van der Waals surface area contributed by atoms with Crippen molar-refractivity contribution in [2.24, 2.45) is 0 Å². The van der Waals surface area contributed by atoms with Crippen molar-refractivity contribution in [2.75, 3.05) is 13.1 Å². The third kappa shape index (κ3) is 1.02. The topological polar surface area (TPSA) is 36.1 Å². The first-order valence-corrected chi connectivity index (χ1v) is 4.22. The first kappa shape index (κ1) is 7.40. The number of aromatic amines is 1. The number of nitrogens with one attached hydrogen (secondary N) is 1. The van der Waals surface area contributed by atoms with E-state index in [0.717, 1.165) is 30.8 Å². The van der Waals surface area contributed by atoms with Gasteiger partial charge in [0.25, 0.3) is 5.91 Å². The fraction of sp³-hybridized carbons (Fsp3) is 0.444. The first-order chi connectivity index (χ1) is 5.79. The summed E-state index contributed by atoms with van der Waals surface area (Å²) in [5.74, 6) is 0.167. The predicted molar refractivity (Wildman–Crippen MR) is 46.1 cm³/mol. The lowest BCUT2D eigenvalue weighted by Crippen LogP contribution is -2.42. The molecule has 64 valence electrons. The van der Waals surface area contributed by atoms with Gasteiger partial charge in [0, 0.05) is 25.0 Å². The van der Waals surface area contributed by atoms with Gasteiger partial charge in [0.15, 0.2) is 0 Å². The van der Waals surface area contributed by atoms with E-state index in [1.54, 1.807) is 0 Å². The summed E-state index contributed by atoms with van der Waals surface area (Å²) in [7, 11) is 0. The standard InChI is InChI=1S/C9H12N2O/c1-7-8(3-4-10-7)9(12)11-5-2-6-11/h3-4,10H,2,5-6H2,1H3. The third-order valence-electron chi connectivity index (χ3n) is 2.33. The summed E-state index contributed by atoms with van der Waals surface area (Å²) < 4.78 is 0. The van der Waals surface area contributed by atoms with Crippen LogP contribution in [-0.4, -0.2) is 28.9 Å². The van der Waals surface area contributed by atoms with Gasteiger partial charge in [0.1, 0.15) is 0 Å². The Labute approximate surface area is 71.4 Å². The van der Waals surface area contributed by atoms with Crippen molar-refractivity contribution in [3.05, 3.63) is 23.5 Å². The molecule has 0 unspecified atom stereocenters. The van der Waals surface area contributed by atoms with Crippen LogP contribution in [0.3, 0.4) is 0 Å². The quantitative estimate of drug-likeness (QED) is 0.664. The second kappa shape index (κ2) is 2.66. The molecule has 0 atom stereocenters. The number of nitrogens with zero attached hydrogens (tertiary/aromatic N) is 1. The Bertz CT molecular complexity index is 299. The lowest BCUT2D eigenvalue weighted by Gasteiger charge is -2.30. The van der Waals surface area contributed by atoms with Crippen LogP contribution in [0.2, 0.25) is 0 Å². The van der Waals surface area contributed by atoms with Crippen molar-refractivity contribution in [2.45, 2.75) is 13.3 Å². The molecule has 1 aromatic rings. The summed E-state index contributed by atoms with van der Waals surface area (Å²) in [6.45, 7) is 3.76. The van der Waals surface area contributed by atoms with Crippen LogP contribution in [0.1, 0.15) is 22.5 Å². The van der Waals surface area contributed by atoms with Gasteiger partial charge in [-0.1, -0.05) is 0 Å². The number of likely N-dealkylation sites (tertiary alicyclic amines) is 1. The van der Waals surface area contributed by atoms with Crippen LogP contribution in [0.5, 0.6) is 0 Å². The molecule has 12 heavy (non-hydrogen) atoms. The van der Waals surface area contributed by atoms with Gasteiger partial charge < -0.3 is 9.88 Å². The van der Waals surface area contributed by atoms with Gasteiger partial charge in [-0.3, -0.25) is 4.79 Å². The molecule has 0 aliphatic carbocycles. The third-order valence-corrected chi connectivity index (χ3v) is 2.33. The van der Waals surface area contributed by atoms with Crippen molar-refractivity contribution >= 4 is 5.91 Å². The molecule has 0 saturated carbocycles. The summed E-state index contributed by atoms with van der Waals surface area (Å²) in [5.41, 5.74) is 1.78. The molecule has 1 saturated heterocycles. The number of carbonyl (C=O) groups excluding carboxylic acids is 1. The zero-order valence-electron chi connectivity index (χ0n) is 7.13. The van der Waals surface area contributed by atoms with Crippen molar-refractivity contribution in [1.82, 2.24) is 9.88 Å². The van der Waals surface area contributed by atoms with E-state index in [4.69, 9.17) is 0 Å². The van der Waals surface area contributed by atoms with Gasteiger partial charge >= 0.3 is 0 Å². The maximum Gasteiger partial charge on any atom is 0.255 e. The monoisotopic (exact) mass is 164 g/mol. The van der Waals surface area contributed by atoms with Crippen LogP contribution < -0.4 is 0 Å². The van der Waals surface area contributed by atoms with E-state index < -0.39 is 0 Å². The minimum atomic E-state index is 0.167. The lowest BCUT2D eigenvalue weighted by molar-refractivity contribution is 0.0651. The molecule has 2 rings (SSSR count). The molecule has 3 heteroatoms. The molecular weight excluding hydrogens is 152 g/mol. The van der Waals surface area contributed by atoms with Crippen molar-refractivity contribution < 1.29 is 4.79 Å². The van der Waals surface area contributed by atoms with E-state index in [1.807, 2.05) is 24.1 Å². The first-order valence-electron chi connectivity index (χ1n) is 4.22. The van der Waals surface area contributed by atoms with Crippen LogP contribution in [0, 0.1) is 6.92 Å². The van der Waals surface area contributed by atoms with Gasteiger partial charge in [0.05, 0.1) is 5.56 Å². The number of aryl methyl sites for hydroxylation is 1. The fourth-order valence-electron chi connectivity index (χ4n) is 1.37. The normalized spacial score (nSPS) is 15.9. The molecule has 1 aliphatic rings. The smallest absolute Gasteiger partial charge is 0.255 e. The molecule has 0 bridgehead atoms. The molecule has 2 heterocycles. The Hall–Kier alpha value is -1.25. The number of carbonyl (C=O) groups is 1. The van der Waals surface area contributed by atoms with Crippen molar-refractivity contribution in [3.8, 4) is 0 Å². The molecule has 0 radical (unpaired) electrons. The van der Waals surface area contributed by atoms with Crippen LogP contribution in [0.25, 0.3) is 0 Å². The van der Waals surface area contributed by atoms with Crippen LogP contribution in [0.4, 0.5) is 0 Å². The van der Waals surface area contributed by atoms with Crippen LogP contribution in [-0.2, 0) is 0 Å². The number of amides is 1. The van der Waals surface area contributed by atoms with Gasteiger partial charge in [-0.05, 0) is 19.4 Å². The lowest BCUT2D eigenvalue weighted by atomic mass is 10.1. The van der Waals surface area contributed by atoms with E-state index >= 15 is 0 Å². The Morgan fingerprint density at radius 1 is 1.58 bits per heavy atom. The van der Waals surface area contributed by atoms with Crippen molar-refractivity contribution in [1.29, 1.82) is 0 Å². The van der Waals surface area contributed by atoms with Crippen molar-refractivity contribution in [3.63, 3.8) is 0 Å². The highest BCUT2D eigenvalue weighted by atomic mass is 16.2. The minimum Gasteiger partial charge on any atom is -0.365 e. The second-order valence-corrected chi connectivity index (χ2v) is 3.16. The maximum atomic E-state index is 11.6. The summed E-state index contributed by atoms with van der Waals surface area (Å²) in [4.78, 5) is 16.5. The number of hydrogen-bond donors (Lipinski definition) is 1. The highest BCUT2D eigenvalue weighted by Gasteiger charge is 2.22. The zero-order valence-corrected chi connectivity index (χ0v) is 7.13. The molecule has 1 amide bonds. The van der Waals surface area contributed by atoms with E-state index in [2.05, 4.69) is 4.98 Å². The highest BCUT2D eigenvalue weighted by molar-refractivity contribution is 5.95. The van der Waals surface area contributed by atoms with Gasteiger partial charge in [0.2, 0.25) is 0 Å². The molecular formula is C9H12N2O. The molecule has 1 aromatic heterocycles. The Morgan fingerprint density at radius 2 is 2.33 bits per heavy atom. The minimum absolute atomic E-state index is 0.167. The second-order valence-electron chi connectivity index (χ2n) is 3.16. The molecule has 1 N–H and O–H groups in total. The van der Waals surface area contributed by atoms with Crippen LogP contribution >= 0.6 is 0 Å². The number of H-pyrrole nitrogens is 1. The molecule has 3 nitrogen and oxygen atoms in total. The SMILES string of the molecule is Cc1[nH]ccc1C(=O)N1CCC1. The van der Waals surface area contributed by atoms with Crippen LogP contribution in [0.15, 0.2) is 12.3 Å². The largest absolute Gasteiger partial charge is 0.365 e. The Morgan fingerprint density at radius 3 is 2.75 bits per heavy atom. The Kier molecular flexibility index (Phi) is 1.64. The Balaban J connectivity index is 2.19. The molecule has 1 aliphatic heterocycles. The zero-order chi connectivity index (χ0) is 8.55. The average molecular weight is 164 g/mol. The van der Waals surface area contributed by atoms with Gasteiger partial charge in [-0.2, -0.15) is 0 Å². The van der Waals surface area contributed by atoms with E-state index in [0.29, 0.717) is 0 Å². The molecule has 0 spiro atoms. The van der Waals surface area contributed by atoms with Gasteiger partial charge in [-0.25, -0.2) is 0 Å². The summed E-state index contributed by atoms with van der Waals surface area (Å²) in [5, 5.41) is 0. The summed E-state index contributed by atoms with van der Waals surface area (Å²) >= 11 is 0. The highest BCUT2D eigenvalue weighted by Crippen LogP contribution is 2.14. The summed E-state index contributed by atoms with van der Waals surface area (Å²) in [6, 6.07) is 1.84. The fourth-order valence-corrected chi connectivity index (χ4v) is 1.37. The molecule has 1 fully saturated rings. The predicted octanol–water partition coefficient (Wildman–Crippen LogP) is 1.17. The van der Waals surface area contributed by atoms with E-state index in [1.165, 1.54) is 0 Å².